The predicted molar refractivity (Wildman–Crippen MR) is 101 cm³/mol. The van der Waals surface area contributed by atoms with Crippen LogP contribution in [-0.4, -0.2) is 23.5 Å². The van der Waals surface area contributed by atoms with Crippen LogP contribution in [0.2, 0.25) is 10.0 Å². The number of ketones is 1. The number of hydrogen-bond acceptors (Lipinski definition) is 3. The number of carboxylic acid groups (broad SMARTS) is 1. The molecule has 0 aliphatic heterocycles. The number of hydrogen-bond donors (Lipinski definition) is 1. The molecule has 3 rings (SSSR count). The minimum absolute atomic E-state index is 0.0665. The largest absolute Gasteiger partial charge is 0.480 e. The van der Waals surface area contributed by atoms with Crippen molar-refractivity contribution in [1.82, 2.24) is 0 Å². The lowest BCUT2D eigenvalue weighted by atomic mass is 9.81. The van der Waals surface area contributed by atoms with Gasteiger partial charge in [-0.1, -0.05) is 41.4 Å². The molecule has 1 N–H and O–H groups in total. The van der Waals surface area contributed by atoms with E-state index in [1.807, 2.05) is 0 Å². The second-order valence-corrected chi connectivity index (χ2v) is 6.94. The monoisotopic (exact) mass is 408 g/mol. The Hall–Kier alpha value is -2.37. The summed E-state index contributed by atoms with van der Waals surface area (Å²) in [6.45, 7) is -0.550. The third-order valence-electron chi connectivity index (χ3n) is 4.34. The normalized spacial score (nSPS) is 16.8. The van der Waals surface area contributed by atoms with Crippen LogP contribution >= 0.6 is 23.2 Å². The molecule has 0 bridgehead atoms. The molecule has 1 unspecified atom stereocenters. The fourth-order valence-corrected chi connectivity index (χ4v) is 3.63. The molecule has 1 atom stereocenters. The van der Waals surface area contributed by atoms with Gasteiger partial charge in [-0.2, -0.15) is 0 Å². The summed E-state index contributed by atoms with van der Waals surface area (Å²) in [4.78, 5) is 22.9. The third kappa shape index (κ3) is 4.31. The number of carbonyl (C=O) groups excluding carboxylic acids is 1. The van der Waals surface area contributed by atoms with Gasteiger partial charge in [-0.05, 0) is 53.3 Å². The molecule has 140 valence electrons. The number of aliphatic carboxylic acids is 1. The molecule has 0 spiro atoms. The predicted octanol–water partition coefficient (Wildman–Crippen LogP) is 5.13. The van der Waals surface area contributed by atoms with Gasteiger partial charge >= 0.3 is 5.97 Å². The number of benzene rings is 2. The van der Waals surface area contributed by atoms with Crippen LogP contribution in [0.1, 0.15) is 29.9 Å². The van der Waals surface area contributed by atoms with Crippen LogP contribution < -0.4 is 4.74 Å². The van der Waals surface area contributed by atoms with Crippen molar-refractivity contribution in [3.05, 3.63) is 69.5 Å². The van der Waals surface area contributed by atoms with E-state index in [0.717, 1.165) is 0 Å². The van der Waals surface area contributed by atoms with Crippen LogP contribution in [0.25, 0.3) is 5.57 Å². The molecule has 4 nitrogen and oxygen atoms in total. The van der Waals surface area contributed by atoms with Crippen LogP contribution in [0.4, 0.5) is 4.39 Å². The topological polar surface area (TPSA) is 63.6 Å². The van der Waals surface area contributed by atoms with E-state index in [4.69, 9.17) is 33.0 Å². The van der Waals surface area contributed by atoms with E-state index in [0.29, 0.717) is 23.1 Å². The lowest BCUT2D eigenvalue weighted by Gasteiger charge is -2.24. The number of allylic oxidation sites excluding steroid dienone is 2. The summed E-state index contributed by atoms with van der Waals surface area (Å²) in [5.74, 6) is -1.77. The maximum atomic E-state index is 14.1. The van der Waals surface area contributed by atoms with Crippen molar-refractivity contribution in [3.63, 3.8) is 0 Å². The van der Waals surface area contributed by atoms with Gasteiger partial charge in [0.25, 0.3) is 0 Å². The first kappa shape index (κ1) is 19.4. The average Bonchev–Trinajstić information content (AvgIpc) is 2.62. The van der Waals surface area contributed by atoms with Gasteiger partial charge in [0.15, 0.2) is 12.4 Å². The van der Waals surface area contributed by atoms with E-state index >= 15 is 0 Å². The van der Waals surface area contributed by atoms with Gasteiger partial charge in [0, 0.05) is 6.42 Å². The smallest absolute Gasteiger partial charge is 0.341 e. The van der Waals surface area contributed by atoms with Crippen molar-refractivity contribution in [1.29, 1.82) is 0 Å². The summed E-state index contributed by atoms with van der Waals surface area (Å²) in [6.07, 6.45) is 2.14. The minimum Gasteiger partial charge on any atom is -0.480 e. The maximum Gasteiger partial charge on any atom is 0.341 e. The lowest BCUT2D eigenvalue weighted by molar-refractivity contribution is -0.139. The highest BCUT2D eigenvalue weighted by Gasteiger charge is 2.26. The molecule has 0 fully saturated rings. The summed E-state index contributed by atoms with van der Waals surface area (Å²) < 4.78 is 19.2. The van der Waals surface area contributed by atoms with Crippen molar-refractivity contribution in [2.45, 2.75) is 18.8 Å². The number of carbonyl (C=O) groups is 2. The van der Waals surface area contributed by atoms with E-state index in [2.05, 4.69) is 0 Å². The van der Waals surface area contributed by atoms with Gasteiger partial charge in [-0.25, -0.2) is 9.18 Å². The summed E-state index contributed by atoms with van der Waals surface area (Å²) >= 11 is 12.5. The Labute approximate surface area is 165 Å². The van der Waals surface area contributed by atoms with Crippen LogP contribution in [0.5, 0.6) is 5.75 Å². The van der Waals surface area contributed by atoms with Crippen molar-refractivity contribution in [2.24, 2.45) is 0 Å². The summed E-state index contributed by atoms with van der Waals surface area (Å²) in [7, 11) is 0. The van der Waals surface area contributed by atoms with Gasteiger partial charge in [0.1, 0.15) is 16.6 Å². The molecule has 1 aliphatic carbocycles. The number of ether oxygens (including phenoxy) is 1. The third-order valence-corrected chi connectivity index (χ3v) is 5.20. The second-order valence-electron chi connectivity index (χ2n) is 6.18. The Kier molecular flexibility index (Phi) is 5.82. The lowest BCUT2D eigenvalue weighted by Crippen LogP contribution is -2.14. The van der Waals surface area contributed by atoms with Crippen LogP contribution in [0.15, 0.2) is 42.5 Å². The molecule has 1 aliphatic rings. The van der Waals surface area contributed by atoms with E-state index in [1.165, 1.54) is 18.2 Å². The van der Waals surface area contributed by atoms with Crippen LogP contribution in [0.3, 0.4) is 0 Å². The molecule has 2 aromatic rings. The maximum absolute atomic E-state index is 14.1. The minimum atomic E-state index is -1.14. The first-order valence-corrected chi connectivity index (χ1v) is 8.93. The molecule has 0 heterocycles. The Morgan fingerprint density at radius 3 is 2.59 bits per heavy atom. The van der Waals surface area contributed by atoms with Crippen molar-refractivity contribution >= 4 is 40.5 Å². The van der Waals surface area contributed by atoms with Crippen molar-refractivity contribution in [3.8, 4) is 5.75 Å². The van der Waals surface area contributed by atoms with Crippen LogP contribution in [-0.2, 0) is 9.59 Å². The van der Waals surface area contributed by atoms with E-state index < -0.39 is 12.6 Å². The zero-order chi connectivity index (χ0) is 19.6. The van der Waals surface area contributed by atoms with Crippen LogP contribution in [0, 0.1) is 5.82 Å². The fourth-order valence-electron chi connectivity index (χ4n) is 3.14. The number of rotatable bonds is 5. The highest BCUT2D eigenvalue weighted by atomic mass is 35.5. The SMILES string of the molecule is O=C(O)COc1ccc(C2=CC(=O)CC(c3ccccc3F)C2)c(Cl)c1Cl. The Morgan fingerprint density at radius 2 is 1.89 bits per heavy atom. The van der Waals surface area contributed by atoms with Gasteiger partial charge in [-0.15, -0.1) is 0 Å². The van der Waals surface area contributed by atoms with Crippen molar-refractivity contribution in [2.75, 3.05) is 6.61 Å². The van der Waals surface area contributed by atoms with Gasteiger partial charge in [-0.3, -0.25) is 4.79 Å². The standard InChI is InChI=1S/C20H15Cl2FO4/c21-19-15(5-6-17(20(19)22)27-10-18(25)26)12-7-11(8-13(24)9-12)14-3-1-2-4-16(14)23/h1-6,9,11H,7-8,10H2,(H,25,26). The van der Waals surface area contributed by atoms with E-state index in [-0.39, 0.29) is 39.7 Å². The molecular weight excluding hydrogens is 394 g/mol. The van der Waals surface area contributed by atoms with Crippen molar-refractivity contribution < 1.29 is 23.8 Å². The summed E-state index contributed by atoms with van der Waals surface area (Å²) in [5, 5.41) is 8.93. The first-order chi connectivity index (χ1) is 12.9. The van der Waals surface area contributed by atoms with E-state index in [9.17, 15) is 14.0 Å². The average molecular weight is 409 g/mol. The molecule has 0 saturated carbocycles. The Morgan fingerprint density at radius 1 is 1.15 bits per heavy atom. The molecule has 7 heteroatoms. The zero-order valence-electron chi connectivity index (χ0n) is 14.0. The Balaban J connectivity index is 1.91. The molecular formula is C20H15Cl2FO4. The molecule has 0 amide bonds. The van der Waals surface area contributed by atoms with Gasteiger partial charge in [0.2, 0.25) is 0 Å². The number of carboxylic acids is 1. The zero-order valence-corrected chi connectivity index (χ0v) is 15.6. The molecule has 27 heavy (non-hydrogen) atoms. The summed E-state index contributed by atoms with van der Waals surface area (Å²) in [6, 6.07) is 9.51. The van der Waals surface area contributed by atoms with Gasteiger partial charge < -0.3 is 9.84 Å². The molecule has 0 radical (unpaired) electrons. The highest BCUT2D eigenvalue weighted by molar-refractivity contribution is 6.44. The first-order valence-electron chi connectivity index (χ1n) is 8.17. The highest BCUT2D eigenvalue weighted by Crippen LogP contribution is 2.43. The number of halogens is 3. The van der Waals surface area contributed by atoms with E-state index in [1.54, 1.807) is 24.3 Å². The fraction of sp³-hybridized carbons (Fsp3) is 0.200. The molecule has 0 saturated heterocycles. The quantitative estimate of drug-likeness (QED) is 0.744. The molecule has 2 aromatic carbocycles. The second kappa shape index (κ2) is 8.11. The molecule has 0 aromatic heterocycles. The summed E-state index contributed by atoms with van der Waals surface area (Å²) in [5.41, 5.74) is 1.68. The Bertz CT molecular complexity index is 940. The van der Waals surface area contributed by atoms with Gasteiger partial charge in [0.05, 0.1) is 5.02 Å².